The molecule has 7 nitrogen and oxygen atoms in total. The summed E-state index contributed by atoms with van der Waals surface area (Å²) >= 11 is 0. The molecule has 0 unspecified atom stereocenters. The molecule has 0 radical (unpaired) electrons. The van der Waals surface area contributed by atoms with Gasteiger partial charge in [0.15, 0.2) is 17.3 Å². The molecule has 1 aliphatic heterocycles. The number of fused-ring (bicyclic) bond motifs is 2. The van der Waals surface area contributed by atoms with E-state index in [1.165, 1.54) is 82.1 Å². The summed E-state index contributed by atoms with van der Waals surface area (Å²) in [6.07, 6.45) is 7.46. The maximum absolute atomic E-state index is 5.59. The molecule has 1 aliphatic rings. The maximum Gasteiger partial charge on any atom is 0.162 e. The summed E-state index contributed by atoms with van der Waals surface area (Å²) in [5, 5.41) is 6.94. The Labute approximate surface area is 244 Å². The number of rotatable bonds is 14. The fraction of sp³-hybridized carbons (Fsp3) is 0.471. The number of hydrogen-bond acceptors (Lipinski definition) is 7. The lowest BCUT2D eigenvalue weighted by Gasteiger charge is -2.34. The van der Waals surface area contributed by atoms with Gasteiger partial charge < -0.3 is 24.6 Å². The van der Waals surface area contributed by atoms with Crippen LogP contribution in [-0.4, -0.2) is 79.8 Å². The molecule has 1 N–H and O–H groups in total. The highest BCUT2D eigenvalue weighted by atomic mass is 16.5. The van der Waals surface area contributed by atoms with Gasteiger partial charge in [-0.15, -0.1) is 0 Å². The minimum absolute atomic E-state index is 0.663. The number of nitrogens with one attached hydrogen (secondary N) is 1. The van der Waals surface area contributed by atoms with Crippen molar-refractivity contribution in [3.63, 3.8) is 0 Å². The van der Waals surface area contributed by atoms with Crippen molar-refractivity contribution in [2.24, 2.45) is 0 Å². The first-order valence-corrected chi connectivity index (χ1v) is 15.3. The molecule has 0 atom stereocenters. The summed E-state index contributed by atoms with van der Waals surface area (Å²) in [5.74, 6) is 2.88. The van der Waals surface area contributed by atoms with Crippen LogP contribution in [0.25, 0.3) is 33.1 Å². The van der Waals surface area contributed by atoms with Crippen LogP contribution in [0.15, 0.2) is 54.6 Å². The van der Waals surface area contributed by atoms with Crippen molar-refractivity contribution in [2.75, 3.05) is 65.3 Å². The van der Waals surface area contributed by atoms with Crippen molar-refractivity contribution in [3.05, 3.63) is 54.6 Å². The minimum Gasteiger partial charge on any atom is -0.493 e. The van der Waals surface area contributed by atoms with Gasteiger partial charge in [0.1, 0.15) is 5.82 Å². The van der Waals surface area contributed by atoms with Gasteiger partial charge in [-0.25, -0.2) is 9.97 Å². The van der Waals surface area contributed by atoms with E-state index < -0.39 is 0 Å². The van der Waals surface area contributed by atoms with Gasteiger partial charge in [-0.05, 0) is 55.3 Å². The standard InChI is InChI=1S/C34H45N5O2/c1-4-5-17-38-19-21-39(22-20-38)18-11-7-6-10-16-35-34-29-24-31(40-2)32(41-3)25-30(29)36-33(37-34)28-15-14-26-12-8-9-13-27(26)23-28/h8-9,12-15,23-25H,4-7,10-11,16-22H2,1-3H3,(H,35,36,37). The number of anilines is 1. The summed E-state index contributed by atoms with van der Waals surface area (Å²) in [6, 6.07) is 18.7. The molecule has 41 heavy (non-hydrogen) atoms. The number of benzene rings is 3. The zero-order valence-corrected chi connectivity index (χ0v) is 25.0. The van der Waals surface area contributed by atoms with Crippen molar-refractivity contribution >= 4 is 27.5 Å². The first-order valence-electron chi connectivity index (χ1n) is 15.3. The van der Waals surface area contributed by atoms with Crippen LogP contribution < -0.4 is 14.8 Å². The summed E-state index contributed by atoms with van der Waals surface area (Å²) < 4.78 is 11.2. The lowest BCUT2D eigenvalue weighted by molar-refractivity contribution is 0.129. The van der Waals surface area contributed by atoms with E-state index in [9.17, 15) is 0 Å². The first kappa shape index (κ1) is 29.1. The molecule has 0 saturated carbocycles. The topological polar surface area (TPSA) is 62.8 Å². The number of ether oxygens (including phenoxy) is 2. The number of piperazine rings is 1. The van der Waals surface area contributed by atoms with Crippen molar-refractivity contribution in [1.29, 1.82) is 0 Å². The Morgan fingerprint density at radius 2 is 1.41 bits per heavy atom. The highest BCUT2D eigenvalue weighted by molar-refractivity contribution is 5.94. The van der Waals surface area contributed by atoms with Crippen LogP contribution in [0.4, 0.5) is 5.82 Å². The molecule has 0 amide bonds. The van der Waals surface area contributed by atoms with Gasteiger partial charge in [0, 0.05) is 49.7 Å². The van der Waals surface area contributed by atoms with Crippen LogP contribution >= 0.6 is 0 Å². The monoisotopic (exact) mass is 555 g/mol. The second-order valence-corrected chi connectivity index (χ2v) is 11.1. The first-order chi connectivity index (χ1) is 20.2. The Balaban J connectivity index is 1.20. The predicted octanol–water partition coefficient (Wildman–Crippen LogP) is 6.86. The van der Waals surface area contributed by atoms with Gasteiger partial charge in [-0.2, -0.15) is 0 Å². The average Bonchev–Trinajstić information content (AvgIpc) is 3.02. The summed E-state index contributed by atoms with van der Waals surface area (Å²) in [4.78, 5) is 15.2. The SMILES string of the molecule is CCCCN1CCN(CCCCCCNc2nc(-c3ccc4ccccc4c3)nc3cc(OC)c(OC)cc23)CC1. The molecule has 1 aromatic heterocycles. The molecule has 2 heterocycles. The molecule has 0 aliphatic carbocycles. The van der Waals surface area contributed by atoms with Gasteiger partial charge in [-0.1, -0.05) is 62.6 Å². The number of methoxy groups -OCH3 is 2. The Kier molecular flexibility index (Phi) is 10.3. The second-order valence-electron chi connectivity index (χ2n) is 11.1. The number of hydrogen-bond donors (Lipinski definition) is 1. The largest absolute Gasteiger partial charge is 0.493 e. The van der Waals surface area contributed by atoms with E-state index in [1.807, 2.05) is 12.1 Å². The fourth-order valence-electron chi connectivity index (χ4n) is 5.69. The molecule has 1 fully saturated rings. The zero-order valence-electron chi connectivity index (χ0n) is 25.0. The van der Waals surface area contributed by atoms with Gasteiger partial charge in [0.05, 0.1) is 19.7 Å². The molecule has 7 heteroatoms. The highest BCUT2D eigenvalue weighted by Crippen LogP contribution is 2.35. The summed E-state index contributed by atoms with van der Waals surface area (Å²) in [5.41, 5.74) is 1.83. The normalized spacial score (nSPS) is 14.5. The highest BCUT2D eigenvalue weighted by Gasteiger charge is 2.16. The summed E-state index contributed by atoms with van der Waals surface area (Å²) in [6.45, 7) is 10.5. The van der Waals surface area contributed by atoms with Crippen LogP contribution in [0, 0.1) is 0 Å². The van der Waals surface area contributed by atoms with Gasteiger partial charge in [0.25, 0.3) is 0 Å². The summed E-state index contributed by atoms with van der Waals surface area (Å²) in [7, 11) is 3.31. The molecular weight excluding hydrogens is 510 g/mol. The molecule has 0 bridgehead atoms. The molecule has 1 saturated heterocycles. The van der Waals surface area contributed by atoms with Crippen molar-refractivity contribution < 1.29 is 9.47 Å². The lowest BCUT2D eigenvalue weighted by atomic mass is 10.1. The van der Waals surface area contributed by atoms with Gasteiger partial charge in [-0.3, -0.25) is 0 Å². The molecule has 218 valence electrons. The molecule has 5 rings (SSSR count). The lowest BCUT2D eigenvalue weighted by Crippen LogP contribution is -2.46. The van der Waals surface area contributed by atoms with Gasteiger partial charge in [0.2, 0.25) is 0 Å². The third-order valence-corrected chi connectivity index (χ3v) is 8.20. The van der Waals surface area contributed by atoms with E-state index in [-0.39, 0.29) is 0 Å². The number of aromatic nitrogens is 2. The van der Waals surface area contributed by atoms with E-state index in [4.69, 9.17) is 19.4 Å². The van der Waals surface area contributed by atoms with Crippen LogP contribution in [0.3, 0.4) is 0 Å². The molecule has 0 spiro atoms. The van der Waals surface area contributed by atoms with E-state index in [1.54, 1.807) is 14.2 Å². The fourth-order valence-corrected chi connectivity index (χ4v) is 5.69. The van der Waals surface area contributed by atoms with Crippen molar-refractivity contribution in [3.8, 4) is 22.9 Å². The second kappa shape index (κ2) is 14.5. The number of unbranched alkanes of at least 4 members (excludes halogenated alkanes) is 4. The van der Waals surface area contributed by atoms with Crippen LogP contribution in [0.1, 0.15) is 45.4 Å². The Bertz CT molecular complexity index is 1420. The van der Waals surface area contributed by atoms with E-state index >= 15 is 0 Å². The van der Waals surface area contributed by atoms with Gasteiger partial charge >= 0.3 is 0 Å². The van der Waals surface area contributed by atoms with E-state index in [0.29, 0.717) is 17.3 Å². The predicted molar refractivity (Wildman–Crippen MR) is 170 cm³/mol. The number of nitrogens with zero attached hydrogens (tertiary/aromatic N) is 4. The van der Waals surface area contributed by atoms with Crippen LogP contribution in [0.5, 0.6) is 11.5 Å². The Morgan fingerprint density at radius 3 is 2.15 bits per heavy atom. The Morgan fingerprint density at radius 1 is 0.732 bits per heavy atom. The van der Waals surface area contributed by atoms with Crippen molar-refractivity contribution in [1.82, 2.24) is 19.8 Å². The van der Waals surface area contributed by atoms with E-state index in [0.717, 1.165) is 35.2 Å². The van der Waals surface area contributed by atoms with E-state index in [2.05, 4.69) is 64.5 Å². The third kappa shape index (κ3) is 7.46. The van der Waals surface area contributed by atoms with Crippen molar-refractivity contribution in [2.45, 2.75) is 45.4 Å². The van der Waals surface area contributed by atoms with Crippen LogP contribution in [-0.2, 0) is 0 Å². The minimum atomic E-state index is 0.663. The van der Waals surface area contributed by atoms with Crippen LogP contribution in [0.2, 0.25) is 0 Å². The zero-order chi connectivity index (χ0) is 28.4. The molecular formula is C34H45N5O2. The molecule has 4 aromatic rings. The smallest absolute Gasteiger partial charge is 0.162 e. The Hall–Kier alpha value is -3.42. The maximum atomic E-state index is 5.59. The quantitative estimate of drug-likeness (QED) is 0.171. The third-order valence-electron chi connectivity index (χ3n) is 8.20. The molecule has 3 aromatic carbocycles. The average molecular weight is 556 g/mol.